The van der Waals surface area contributed by atoms with Gasteiger partial charge in [0.15, 0.2) is 12.4 Å². The molecule has 0 radical (unpaired) electrons. The molecule has 44 heavy (non-hydrogen) atoms. The minimum atomic E-state index is -1.59. The summed E-state index contributed by atoms with van der Waals surface area (Å²) >= 11 is 0. The van der Waals surface area contributed by atoms with Crippen LogP contribution in [0.15, 0.2) is 0 Å². The van der Waals surface area contributed by atoms with Crippen molar-refractivity contribution in [1.29, 1.82) is 0 Å². The van der Waals surface area contributed by atoms with Crippen LogP contribution in [0.4, 0.5) is 0 Å². The Kier molecular flexibility index (Phi) is 24.9. The zero-order chi connectivity index (χ0) is 32.4. The Morgan fingerprint density at radius 1 is 0.614 bits per heavy atom. The topological polar surface area (TPSA) is 152 Å². The Labute approximate surface area is 266 Å². The van der Waals surface area contributed by atoms with E-state index in [1.807, 2.05) is 0 Å². The van der Waals surface area contributed by atoms with Gasteiger partial charge in [0.2, 0.25) is 0 Å². The molecule has 0 aromatic carbocycles. The first kappa shape index (κ1) is 40.7. The Morgan fingerprint density at radius 3 is 1.57 bits per heavy atom. The first-order valence-electron chi connectivity index (χ1n) is 17.6. The van der Waals surface area contributed by atoms with Gasteiger partial charge >= 0.3 is 11.9 Å². The average Bonchev–Trinajstić information content (AvgIpc) is 3.02. The summed E-state index contributed by atoms with van der Waals surface area (Å²) in [6, 6.07) is 0. The predicted molar refractivity (Wildman–Crippen MR) is 169 cm³/mol. The molecule has 10 heteroatoms. The van der Waals surface area contributed by atoms with Crippen molar-refractivity contribution >= 4 is 11.9 Å². The molecule has 0 aliphatic carbocycles. The maximum absolute atomic E-state index is 12.6. The molecule has 1 saturated heterocycles. The van der Waals surface area contributed by atoms with Gasteiger partial charge in [-0.15, -0.1) is 0 Å². The van der Waals surface area contributed by atoms with Crippen LogP contribution >= 0.6 is 0 Å². The van der Waals surface area contributed by atoms with E-state index in [0.29, 0.717) is 6.42 Å². The van der Waals surface area contributed by atoms with Gasteiger partial charge in [-0.05, 0) is 12.8 Å². The molecule has 1 rings (SSSR count). The van der Waals surface area contributed by atoms with E-state index in [0.717, 1.165) is 44.9 Å². The van der Waals surface area contributed by atoms with E-state index in [1.54, 1.807) is 0 Å². The molecule has 1 aliphatic rings. The summed E-state index contributed by atoms with van der Waals surface area (Å²) in [4.78, 5) is 24.8. The van der Waals surface area contributed by atoms with E-state index in [9.17, 15) is 30.0 Å². The summed E-state index contributed by atoms with van der Waals surface area (Å²) in [7, 11) is 0. The van der Waals surface area contributed by atoms with Gasteiger partial charge in [-0.25, -0.2) is 0 Å². The van der Waals surface area contributed by atoms with Crippen molar-refractivity contribution in [3.8, 4) is 0 Å². The van der Waals surface area contributed by atoms with E-state index in [1.165, 1.54) is 70.6 Å². The molecule has 1 heterocycles. The van der Waals surface area contributed by atoms with Crippen molar-refractivity contribution in [2.45, 2.75) is 185 Å². The maximum atomic E-state index is 12.6. The van der Waals surface area contributed by atoms with E-state index in [-0.39, 0.29) is 26.1 Å². The molecule has 0 amide bonds. The van der Waals surface area contributed by atoms with Crippen LogP contribution in [0.5, 0.6) is 0 Å². The molecule has 0 spiro atoms. The molecule has 10 nitrogen and oxygen atoms in total. The second-order valence-corrected chi connectivity index (χ2v) is 12.3. The van der Waals surface area contributed by atoms with Crippen LogP contribution in [0.25, 0.3) is 0 Å². The summed E-state index contributed by atoms with van der Waals surface area (Å²) in [5.74, 6) is -0.821. The number of carbonyl (C=O) groups is 2. The fourth-order valence-electron chi connectivity index (χ4n) is 5.36. The third-order valence-electron chi connectivity index (χ3n) is 8.24. The Hall–Kier alpha value is -1.30. The van der Waals surface area contributed by atoms with Crippen LogP contribution in [0.3, 0.4) is 0 Å². The van der Waals surface area contributed by atoms with E-state index < -0.39 is 55.4 Å². The van der Waals surface area contributed by atoms with Gasteiger partial charge in [-0.3, -0.25) is 9.59 Å². The fraction of sp³-hybridized carbons (Fsp3) is 0.941. The van der Waals surface area contributed by atoms with E-state index >= 15 is 0 Å². The molecule has 0 bridgehead atoms. The Morgan fingerprint density at radius 2 is 1.07 bits per heavy atom. The molecule has 0 aromatic heterocycles. The normalized spacial score (nSPS) is 22.5. The van der Waals surface area contributed by atoms with Gasteiger partial charge in [-0.1, -0.05) is 123 Å². The molecule has 0 unspecified atom stereocenters. The molecule has 0 aromatic rings. The zero-order valence-electron chi connectivity index (χ0n) is 27.7. The lowest BCUT2D eigenvalue weighted by Crippen LogP contribution is -2.59. The summed E-state index contributed by atoms with van der Waals surface area (Å²) in [6.07, 6.45) is 14.7. The fourth-order valence-corrected chi connectivity index (χ4v) is 5.36. The Bertz CT molecular complexity index is 704. The quantitative estimate of drug-likeness (QED) is 0.0644. The monoisotopic (exact) mass is 632 g/mol. The number of hydrogen-bond acceptors (Lipinski definition) is 10. The summed E-state index contributed by atoms with van der Waals surface area (Å²) in [5, 5.41) is 39.6. The lowest BCUT2D eigenvalue weighted by atomic mass is 9.99. The minimum absolute atomic E-state index is 0.214. The van der Waals surface area contributed by atoms with Gasteiger partial charge in [-0.2, -0.15) is 0 Å². The average molecular weight is 633 g/mol. The maximum Gasteiger partial charge on any atom is 0.306 e. The molecule has 260 valence electrons. The second-order valence-electron chi connectivity index (χ2n) is 12.3. The highest BCUT2D eigenvalue weighted by atomic mass is 16.7. The van der Waals surface area contributed by atoms with E-state index in [4.69, 9.17) is 18.9 Å². The van der Waals surface area contributed by atoms with Crippen molar-refractivity contribution in [3.63, 3.8) is 0 Å². The summed E-state index contributed by atoms with van der Waals surface area (Å²) < 4.78 is 21.8. The number of rotatable bonds is 28. The van der Waals surface area contributed by atoms with Crippen LogP contribution in [0.1, 0.15) is 149 Å². The number of ether oxygens (including phenoxy) is 4. The zero-order valence-corrected chi connectivity index (χ0v) is 27.7. The number of aliphatic hydroxyl groups excluding tert-OH is 4. The van der Waals surface area contributed by atoms with Crippen LogP contribution in [0, 0.1) is 0 Å². The number of esters is 2. The lowest BCUT2D eigenvalue weighted by Gasteiger charge is -2.39. The molecule has 4 N–H and O–H groups in total. The van der Waals surface area contributed by atoms with Crippen molar-refractivity contribution in [2.24, 2.45) is 0 Å². The first-order valence-corrected chi connectivity index (χ1v) is 17.6. The third kappa shape index (κ3) is 19.3. The Balaban J connectivity index is 2.33. The number of unbranched alkanes of at least 4 members (excludes halogenated alkanes) is 17. The minimum Gasteiger partial charge on any atom is -0.462 e. The van der Waals surface area contributed by atoms with Crippen LogP contribution in [-0.4, -0.2) is 89.0 Å². The lowest BCUT2D eigenvalue weighted by molar-refractivity contribution is -0.305. The molecule has 1 fully saturated rings. The number of hydrogen-bond donors (Lipinski definition) is 4. The first-order chi connectivity index (χ1) is 21.3. The molecular formula is C34H64O10. The molecule has 0 saturated carbocycles. The summed E-state index contributed by atoms with van der Waals surface area (Å²) in [5.41, 5.74) is 0. The van der Waals surface area contributed by atoms with E-state index in [2.05, 4.69) is 13.8 Å². The van der Waals surface area contributed by atoms with Gasteiger partial charge < -0.3 is 39.4 Å². The van der Waals surface area contributed by atoms with Gasteiger partial charge in [0.05, 0.1) is 13.2 Å². The number of carbonyl (C=O) groups excluding carboxylic acids is 2. The number of aliphatic hydroxyl groups is 4. The highest BCUT2D eigenvalue weighted by molar-refractivity contribution is 5.70. The molecule has 6 atom stereocenters. The second kappa shape index (κ2) is 26.9. The highest BCUT2D eigenvalue weighted by Gasteiger charge is 2.44. The van der Waals surface area contributed by atoms with Gasteiger partial charge in [0.25, 0.3) is 0 Å². The van der Waals surface area contributed by atoms with Gasteiger partial charge in [0.1, 0.15) is 31.0 Å². The van der Waals surface area contributed by atoms with Crippen LogP contribution < -0.4 is 0 Å². The van der Waals surface area contributed by atoms with Crippen molar-refractivity contribution in [1.82, 2.24) is 0 Å². The van der Waals surface area contributed by atoms with Crippen molar-refractivity contribution in [2.75, 3.05) is 19.8 Å². The largest absolute Gasteiger partial charge is 0.462 e. The molecule has 1 aliphatic heterocycles. The predicted octanol–water partition coefficient (Wildman–Crippen LogP) is 5.49. The molecular weight excluding hydrogens is 568 g/mol. The standard InChI is InChI=1S/C34H64O10/c1-3-5-7-9-10-11-12-13-14-15-16-17-18-19-21-23-30(37)43-27(25-41-29(36)22-20-8-6-4-2)26-42-34-33(40)32(39)31(38)28(24-35)44-34/h27-28,31-35,38-40H,3-26H2,1-2H3/t27-,28-,31+,32+,33-,34-/m1/s1. The summed E-state index contributed by atoms with van der Waals surface area (Å²) in [6.45, 7) is 3.27. The van der Waals surface area contributed by atoms with Crippen molar-refractivity contribution < 1.29 is 49.0 Å². The highest BCUT2D eigenvalue weighted by Crippen LogP contribution is 2.22. The van der Waals surface area contributed by atoms with Crippen molar-refractivity contribution in [3.05, 3.63) is 0 Å². The SMILES string of the molecule is CCCCCCCCCCCCCCCCCC(=O)O[C@H](COC(=O)CCCCCC)CO[C@@H]1O[C@H](CO)[C@H](O)[C@H](O)[C@H]1O. The smallest absolute Gasteiger partial charge is 0.306 e. The third-order valence-corrected chi connectivity index (χ3v) is 8.24. The van der Waals surface area contributed by atoms with Gasteiger partial charge in [0, 0.05) is 12.8 Å². The van der Waals surface area contributed by atoms with Crippen LogP contribution in [0.2, 0.25) is 0 Å². The van der Waals surface area contributed by atoms with Crippen LogP contribution in [-0.2, 0) is 28.5 Å².